The van der Waals surface area contributed by atoms with E-state index in [0.29, 0.717) is 46.6 Å². The number of aromatic amines is 1. The van der Waals surface area contributed by atoms with Crippen molar-refractivity contribution in [1.82, 2.24) is 25.2 Å². The molecule has 1 N–H and O–H groups in total. The predicted octanol–water partition coefficient (Wildman–Crippen LogP) is 4.65. The van der Waals surface area contributed by atoms with Crippen LogP contribution >= 0.6 is 11.6 Å². The Kier molecular flexibility index (Phi) is 6.86. The van der Waals surface area contributed by atoms with E-state index in [9.17, 15) is 14.0 Å². The number of likely N-dealkylation sites (tertiary alicyclic amines) is 2. The van der Waals surface area contributed by atoms with Crippen molar-refractivity contribution in [3.63, 3.8) is 0 Å². The molecule has 0 radical (unpaired) electrons. The molecule has 2 aliphatic heterocycles. The van der Waals surface area contributed by atoms with E-state index >= 15 is 0 Å². The molecular weight excluding hydrogens is 473 g/mol. The van der Waals surface area contributed by atoms with Crippen LogP contribution in [-0.2, 0) is 11.3 Å². The fourth-order valence-electron chi connectivity index (χ4n) is 5.06. The molecule has 2 fully saturated rings. The van der Waals surface area contributed by atoms with Crippen molar-refractivity contribution in [3.8, 4) is 0 Å². The summed E-state index contributed by atoms with van der Waals surface area (Å²) in [5.74, 6) is 0.492. The minimum Gasteiger partial charge on any atom is -0.444 e. The van der Waals surface area contributed by atoms with Crippen LogP contribution in [0.15, 0.2) is 36.4 Å². The van der Waals surface area contributed by atoms with E-state index in [1.807, 2.05) is 11.0 Å². The van der Waals surface area contributed by atoms with E-state index < -0.39 is 11.9 Å². The third-order valence-electron chi connectivity index (χ3n) is 7.04. The lowest BCUT2D eigenvalue weighted by molar-refractivity contribution is 0.0677. The molecule has 1 unspecified atom stereocenters. The van der Waals surface area contributed by atoms with Crippen LogP contribution in [0.25, 0.3) is 11.0 Å². The SMILES string of the molecule is O=C(OCc1ccc(Cl)cc1F)N1CCC(CC2CCN(C(=O)c3ccc4n[nH]nc4c3)CC2)C1. The highest BCUT2D eigenvalue weighted by atomic mass is 35.5. The van der Waals surface area contributed by atoms with Crippen LogP contribution < -0.4 is 0 Å². The Hall–Kier alpha value is -3.20. The summed E-state index contributed by atoms with van der Waals surface area (Å²) in [5.41, 5.74) is 2.37. The molecule has 2 saturated heterocycles. The summed E-state index contributed by atoms with van der Waals surface area (Å²) in [4.78, 5) is 29.0. The van der Waals surface area contributed by atoms with Gasteiger partial charge in [-0.15, -0.1) is 0 Å². The van der Waals surface area contributed by atoms with Gasteiger partial charge in [0.15, 0.2) is 0 Å². The quantitative estimate of drug-likeness (QED) is 0.551. The molecule has 0 aliphatic carbocycles. The van der Waals surface area contributed by atoms with Gasteiger partial charge in [0.25, 0.3) is 5.91 Å². The topological polar surface area (TPSA) is 91.4 Å². The molecule has 0 saturated carbocycles. The minimum absolute atomic E-state index is 0.0280. The number of hydrogen-bond donors (Lipinski definition) is 1. The van der Waals surface area contributed by atoms with Gasteiger partial charge in [0, 0.05) is 42.3 Å². The molecule has 2 aliphatic rings. The molecule has 3 heterocycles. The van der Waals surface area contributed by atoms with Crippen molar-refractivity contribution in [2.75, 3.05) is 26.2 Å². The van der Waals surface area contributed by atoms with Crippen molar-refractivity contribution in [3.05, 3.63) is 58.4 Å². The second-order valence-corrected chi connectivity index (χ2v) is 9.83. The third-order valence-corrected chi connectivity index (χ3v) is 7.28. The Labute approximate surface area is 207 Å². The molecule has 2 amide bonds. The van der Waals surface area contributed by atoms with Crippen LogP contribution in [-0.4, -0.2) is 63.4 Å². The summed E-state index contributed by atoms with van der Waals surface area (Å²) < 4.78 is 19.2. The standard InChI is InChI=1S/C25H27ClFN5O3/c26-20-3-1-19(21(27)13-20)15-35-25(34)32-10-7-17(14-32)11-16-5-8-31(9-6-16)24(33)18-2-4-22-23(12-18)29-30-28-22/h1-4,12-13,16-17H,5-11,14-15H2,(H,28,29,30). The molecule has 2 aromatic carbocycles. The van der Waals surface area contributed by atoms with Gasteiger partial charge in [-0.05, 0) is 67.9 Å². The molecule has 8 nitrogen and oxygen atoms in total. The Morgan fingerprint density at radius 2 is 1.74 bits per heavy atom. The fraction of sp³-hybridized carbons (Fsp3) is 0.440. The zero-order valence-corrected chi connectivity index (χ0v) is 20.0. The molecule has 5 rings (SSSR count). The molecule has 1 atom stereocenters. The fourth-order valence-corrected chi connectivity index (χ4v) is 5.22. The van der Waals surface area contributed by atoms with Crippen LogP contribution in [0.5, 0.6) is 0 Å². The molecule has 3 aromatic rings. The number of piperidine rings is 1. The third kappa shape index (κ3) is 5.40. The summed E-state index contributed by atoms with van der Waals surface area (Å²) in [6.45, 7) is 2.64. The normalized spacial score (nSPS) is 18.9. The number of fused-ring (bicyclic) bond motifs is 1. The number of amides is 2. The summed E-state index contributed by atoms with van der Waals surface area (Å²) in [7, 11) is 0. The van der Waals surface area contributed by atoms with Crippen molar-refractivity contribution in [1.29, 1.82) is 0 Å². The number of aromatic nitrogens is 3. The summed E-state index contributed by atoms with van der Waals surface area (Å²) in [6.07, 6.45) is 3.46. The molecule has 1 aromatic heterocycles. The van der Waals surface area contributed by atoms with Crippen molar-refractivity contribution in [2.24, 2.45) is 11.8 Å². The van der Waals surface area contributed by atoms with Gasteiger partial charge in [0.2, 0.25) is 0 Å². The maximum atomic E-state index is 13.9. The highest BCUT2D eigenvalue weighted by Crippen LogP contribution is 2.30. The van der Waals surface area contributed by atoms with E-state index in [4.69, 9.17) is 16.3 Å². The van der Waals surface area contributed by atoms with E-state index in [-0.39, 0.29) is 12.5 Å². The lowest BCUT2D eigenvalue weighted by Gasteiger charge is -2.33. The average Bonchev–Trinajstić information content (AvgIpc) is 3.52. The maximum Gasteiger partial charge on any atom is 0.410 e. The lowest BCUT2D eigenvalue weighted by atomic mass is 9.86. The van der Waals surface area contributed by atoms with E-state index in [1.165, 1.54) is 12.1 Å². The largest absolute Gasteiger partial charge is 0.444 e. The first-order valence-electron chi connectivity index (χ1n) is 11.9. The van der Waals surface area contributed by atoms with Gasteiger partial charge >= 0.3 is 6.09 Å². The first-order chi connectivity index (χ1) is 17.0. The maximum absolute atomic E-state index is 13.9. The first-order valence-corrected chi connectivity index (χ1v) is 12.3. The number of hydrogen-bond acceptors (Lipinski definition) is 5. The monoisotopic (exact) mass is 499 g/mol. The van der Waals surface area contributed by atoms with E-state index in [1.54, 1.807) is 23.1 Å². The highest BCUT2D eigenvalue weighted by Gasteiger charge is 2.31. The molecule has 0 spiro atoms. The molecule has 10 heteroatoms. The molecule has 35 heavy (non-hydrogen) atoms. The zero-order valence-electron chi connectivity index (χ0n) is 19.3. The van der Waals surface area contributed by atoms with Crippen LogP contribution in [0.3, 0.4) is 0 Å². The van der Waals surface area contributed by atoms with E-state index in [0.717, 1.165) is 44.3 Å². The number of rotatable bonds is 5. The summed E-state index contributed by atoms with van der Waals surface area (Å²) >= 11 is 5.77. The second kappa shape index (κ2) is 10.2. The van der Waals surface area contributed by atoms with Crippen LogP contribution in [0.4, 0.5) is 9.18 Å². The molecular formula is C25H27ClFN5O3. The van der Waals surface area contributed by atoms with Gasteiger partial charge in [0.05, 0.1) is 0 Å². The number of H-pyrrole nitrogens is 1. The number of carbonyl (C=O) groups excluding carboxylic acids is 2. The Balaban J connectivity index is 1.06. The molecule has 0 bridgehead atoms. The summed E-state index contributed by atoms with van der Waals surface area (Å²) in [6, 6.07) is 9.70. The molecule has 184 valence electrons. The second-order valence-electron chi connectivity index (χ2n) is 9.39. The van der Waals surface area contributed by atoms with Gasteiger partial charge in [-0.2, -0.15) is 15.4 Å². The van der Waals surface area contributed by atoms with Crippen molar-refractivity contribution >= 4 is 34.6 Å². The number of halogens is 2. The minimum atomic E-state index is -0.479. The zero-order chi connectivity index (χ0) is 24.4. The first kappa shape index (κ1) is 23.5. The van der Waals surface area contributed by atoms with Crippen molar-refractivity contribution < 1.29 is 18.7 Å². The Morgan fingerprint density at radius 3 is 2.54 bits per heavy atom. The van der Waals surface area contributed by atoms with Gasteiger partial charge < -0.3 is 14.5 Å². The average molecular weight is 500 g/mol. The lowest BCUT2D eigenvalue weighted by Crippen LogP contribution is -2.39. The number of carbonyl (C=O) groups is 2. The number of ether oxygens (including phenoxy) is 1. The Morgan fingerprint density at radius 1 is 1.00 bits per heavy atom. The number of nitrogens with zero attached hydrogens (tertiary/aromatic N) is 4. The van der Waals surface area contributed by atoms with Gasteiger partial charge in [-0.3, -0.25) is 4.79 Å². The Bertz CT molecular complexity index is 1230. The van der Waals surface area contributed by atoms with Gasteiger partial charge in [-0.1, -0.05) is 17.7 Å². The highest BCUT2D eigenvalue weighted by molar-refractivity contribution is 6.30. The van der Waals surface area contributed by atoms with Gasteiger partial charge in [-0.25, -0.2) is 9.18 Å². The number of benzene rings is 2. The number of nitrogens with one attached hydrogen (secondary N) is 1. The summed E-state index contributed by atoms with van der Waals surface area (Å²) in [5, 5.41) is 11.0. The van der Waals surface area contributed by atoms with Gasteiger partial charge in [0.1, 0.15) is 23.5 Å². The van der Waals surface area contributed by atoms with Crippen LogP contribution in [0.2, 0.25) is 5.02 Å². The van der Waals surface area contributed by atoms with E-state index in [2.05, 4.69) is 15.4 Å². The predicted molar refractivity (Wildman–Crippen MR) is 128 cm³/mol. The van der Waals surface area contributed by atoms with Crippen LogP contribution in [0.1, 0.15) is 41.6 Å². The smallest absolute Gasteiger partial charge is 0.410 e. The van der Waals surface area contributed by atoms with Crippen molar-refractivity contribution in [2.45, 2.75) is 32.3 Å². The van der Waals surface area contributed by atoms with Crippen LogP contribution in [0, 0.1) is 17.7 Å².